The summed E-state index contributed by atoms with van der Waals surface area (Å²) in [4.78, 5) is 0. The summed E-state index contributed by atoms with van der Waals surface area (Å²) in [5, 5.41) is 0. The maximum atomic E-state index is 5.87. The van der Waals surface area contributed by atoms with Gasteiger partial charge in [0, 0.05) is 0 Å². The van der Waals surface area contributed by atoms with E-state index in [-0.39, 0.29) is 0 Å². The summed E-state index contributed by atoms with van der Waals surface area (Å²) >= 11 is 0. The Morgan fingerprint density at radius 3 is 1.47 bits per heavy atom. The van der Waals surface area contributed by atoms with Crippen LogP contribution in [0.4, 0.5) is 0 Å². The molecule has 0 aliphatic heterocycles. The van der Waals surface area contributed by atoms with Crippen molar-refractivity contribution < 1.29 is 0 Å². The summed E-state index contributed by atoms with van der Waals surface area (Å²) in [5.74, 6) is 0.528. The molecule has 1 nitrogen and oxygen atoms in total. The molecule has 0 saturated heterocycles. The SMILES string of the molecule is NCC(Cc1ccccc1)Cc1ccccc1. The molecule has 0 unspecified atom stereocenters. The molecule has 2 aromatic rings. The monoisotopic (exact) mass is 225 g/mol. The van der Waals surface area contributed by atoms with Crippen molar-refractivity contribution >= 4 is 0 Å². The van der Waals surface area contributed by atoms with Crippen LogP contribution in [0.1, 0.15) is 11.1 Å². The third kappa shape index (κ3) is 3.72. The second-order valence-electron chi connectivity index (χ2n) is 4.48. The molecule has 2 N–H and O–H groups in total. The zero-order chi connectivity index (χ0) is 11.9. The van der Waals surface area contributed by atoms with Crippen LogP contribution in [-0.4, -0.2) is 6.54 Å². The lowest BCUT2D eigenvalue weighted by molar-refractivity contribution is 0.533. The van der Waals surface area contributed by atoms with E-state index in [0.29, 0.717) is 5.92 Å². The zero-order valence-corrected chi connectivity index (χ0v) is 10.0. The van der Waals surface area contributed by atoms with Crippen LogP contribution < -0.4 is 5.73 Å². The Bertz CT molecular complexity index is 380. The first-order valence-electron chi connectivity index (χ1n) is 6.16. The summed E-state index contributed by atoms with van der Waals surface area (Å²) in [6.45, 7) is 0.740. The van der Waals surface area contributed by atoms with E-state index in [2.05, 4.69) is 60.7 Å². The molecule has 0 fully saturated rings. The van der Waals surface area contributed by atoms with Crippen molar-refractivity contribution in [2.24, 2.45) is 11.7 Å². The van der Waals surface area contributed by atoms with Crippen LogP contribution in [0.3, 0.4) is 0 Å². The molecule has 0 aromatic heterocycles. The third-order valence-corrected chi connectivity index (χ3v) is 3.07. The largest absolute Gasteiger partial charge is 0.330 e. The Hall–Kier alpha value is -1.60. The first-order valence-corrected chi connectivity index (χ1v) is 6.16. The van der Waals surface area contributed by atoms with Gasteiger partial charge in [0.1, 0.15) is 0 Å². The standard InChI is InChI=1S/C16H19N/c17-13-16(11-14-7-3-1-4-8-14)12-15-9-5-2-6-10-15/h1-10,16H,11-13,17H2. The molecule has 2 rings (SSSR count). The van der Waals surface area contributed by atoms with Gasteiger partial charge in [-0.25, -0.2) is 0 Å². The normalized spacial score (nSPS) is 10.7. The van der Waals surface area contributed by atoms with E-state index in [0.717, 1.165) is 19.4 Å². The number of hydrogen-bond donors (Lipinski definition) is 1. The molecule has 1 heteroatoms. The molecule has 0 heterocycles. The summed E-state index contributed by atoms with van der Waals surface area (Å²) in [7, 11) is 0. The predicted molar refractivity (Wildman–Crippen MR) is 72.8 cm³/mol. The lowest BCUT2D eigenvalue weighted by Gasteiger charge is -2.14. The third-order valence-electron chi connectivity index (χ3n) is 3.07. The molecule has 17 heavy (non-hydrogen) atoms. The van der Waals surface area contributed by atoms with Crippen LogP contribution in [0.25, 0.3) is 0 Å². The fraction of sp³-hybridized carbons (Fsp3) is 0.250. The molecule has 2 aromatic carbocycles. The highest BCUT2D eigenvalue weighted by Crippen LogP contribution is 2.13. The van der Waals surface area contributed by atoms with Gasteiger partial charge in [0.15, 0.2) is 0 Å². The van der Waals surface area contributed by atoms with E-state index in [9.17, 15) is 0 Å². The second kappa shape index (κ2) is 6.21. The van der Waals surface area contributed by atoms with E-state index < -0.39 is 0 Å². The van der Waals surface area contributed by atoms with Gasteiger partial charge in [0.2, 0.25) is 0 Å². The maximum absolute atomic E-state index is 5.87. The summed E-state index contributed by atoms with van der Waals surface area (Å²) in [6, 6.07) is 21.2. The number of hydrogen-bond acceptors (Lipinski definition) is 1. The van der Waals surface area contributed by atoms with Crippen LogP contribution in [-0.2, 0) is 12.8 Å². The van der Waals surface area contributed by atoms with E-state index in [1.807, 2.05) is 0 Å². The maximum Gasteiger partial charge on any atom is -0.00425 e. The van der Waals surface area contributed by atoms with Crippen LogP contribution in [0, 0.1) is 5.92 Å². The molecule has 88 valence electrons. The smallest absolute Gasteiger partial charge is 0.00425 e. The quantitative estimate of drug-likeness (QED) is 0.831. The van der Waals surface area contributed by atoms with E-state index >= 15 is 0 Å². The molecule has 0 bridgehead atoms. The van der Waals surface area contributed by atoms with Gasteiger partial charge < -0.3 is 5.73 Å². The minimum absolute atomic E-state index is 0.528. The van der Waals surface area contributed by atoms with Crippen molar-refractivity contribution in [3.8, 4) is 0 Å². The summed E-state index contributed by atoms with van der Waals surface area (Å²) < 4.78 is 0. The lowest BCUT2D eigenvalue weighted by Crippen LogP contribution is -2.19. The highest BCUT2D eigenvalue weighted by molar-refractivity contribution is 5.18. The fourth-order valence-electron chi connectivity index (χ4n) is 2.13. The highest BCUT2D eigenvalue weighted by Gasteiger charge is 2.08. The van der Waals surface area contributed by atoms with E-state index in [1.54, 1.807) is 0 Å². The van der Waals surface area contributed by atoms with Crippen LogP contribution in [0.5, 0.6) is 0 Å². The van der Waals surface area contributed by atoms with Crippen LogP contribution in [0.15, 0.2) is 60.7 Å². The number of rotatable bonds is 5. The Balaban J connectivity index is 1.98. The van der Waals surface area contributed by atoms with Crippen molar-refractivity contribution in [3.63, 3.8) is 0 Å². The first kappa shape index (κ1) is 11.9. The van der Waals surface area contributed by atoms with Crippen LogP contribution in [0.2, 0.25) is 0 Å². The average Bonchev–Trinajstić information content (AvgIpc) is 2.40. The van der Waals surface area contributed by atoms with Gasteiger partial charge in [-0.1, -0.05) is 60.7 Å². The Morgan fingerprint density at radius 2 is 1.12 bits per heavy atom. The van der Waals surface area contributed by atoms with Gasteiger partial charge in [0.25, 0.3) is 0 Å². The van der Waals surface area contributed by atoms with Crippen LogP contribution >= 0.6 is 0 Å². The predicted octanol–water partition coefficient (Wildman–Crippen LogP) is 3.05. The summed E-state index contributed by atoms with van der Waals surface area (Å²) in [6.07, 6.45) is 2.12. The topological polar surface area (TPSA) is 26.0 Å². The minimum atomic E-state index is 0.528. The van der Waals surface area contributed by atoms with Crippen molar-refractivity contribution in [2.45, 2.75) is 12.8 Å². The Morgan fingerprint density at radius 1 is 0.706 bits per heavy atom. The Kier molecular flexibility index (Phi) is 4.34. The molecule has 0 saturated carbocycles. The number of nitrogens with two attached hydrogens (primary N) is 1. The lowest BCUT2D eigenvalue weighted by atomic mass is 9.93. The molecule has 0 atom stereocenters. The molecule has 0 amide bonds. The van der Waals surface area contributed by atoms with Gasteiger partial charge in [-0.15, -0.1) is 0 Å². The second-order valence-corrected chi connectivity index (χ2v) is 4.48. The van der Waals surface area contributed by atoms with Crippen molar-refractivity contribution in [1.82, 2.24) is 0 Å². The van der Waals surface area contributed by atoms with Crippen molar-refractivity contribution in [1.29, 1.82) is 0 Å². The minimum Gasteiger partial charge on any atom is -0.330 e. The fourth-order valence-corrected chi connectivity index (χ4v) is 2.13. The van der Waals surface area contributed by atoms with E-state index in [4.69, 9.17) is 5.73 Å². The highest BCUT2D eigenvalue weighted by atomic mass is 14.5. The Labute approximate surface area is 103 Å². The zero-order valence-electron chi connectivity index (χ0n) is 10.0. The van der Waals surface area contributed by atoms with Crippen molar-refractivity contribution in [2.75, 3.05) is 6.54 Å². The van der Waals surface area contributed by atoms with E-state index in [1.165, 1.54) is 11.1 Å². The molecule has 0 aliphatic carbocycles. The molecular weight excluding hydrogens is 206 g/mol. The number of benzene rings is 2. The molecular formula is C16H19N. The van der Waals surface area contributed by atoms with Gasteiger partial charge in [-0.2, -0.15) is 0 Å². The van der Waals surface area contributed by atoms with Gasteiger partial charge >= 0.3 is 0 Å². The van der Waals surface area contributed by atoms with Gasteiger partial charge in [-0.05, 0) is 36.4 Å². The molecule has 0 aliphatic rings. The average molecular weight is 225 g/mol. The van der Waals surface area contributed by atoms with Gasteiger partial charge in [0.05, 0.1) is 0 Å². The molecule has 0 spiro atoms. The van der Waals surface area contributed by atoms with Gasteiger partial charge in [-0.3, -0.25) is 0 Å². The summed E-state index contributed by atoms with van der Waals surface area (Å²) in [5.41, 5.74) is 8.62. The first-order chi connectivity index (χ1) is 8.38. The molecule has 0 radical (unpaired) electrons. The van der Waals surface area contributed by atoms with Crippen molar-refractivity contribution in [3.05, 3.63) is 71.8 Å².